The van der Waals surface area contributed by atoms with Crippen molar-refractivity contribution in [2.45, 2.75) is 51.5 Å². The van der Waals surface area contributed by atoms with Crippen LogP contribution in [0.5, 0.6) is 0 Å². The molecule has 0 unspecified atom stereocenters. The summed E-state index contributed by atoms with van der Waals surface area (Å²) >= 11 is 0. The van der Waals surface area contributed by atoms with Gasteiger partial charge in [0, 0.05) is 17.3 Å². The smallest absolute Gasteiger partial charge is 0.306 e. The van der Waals surface area contributed by atoms with Gasteiger partial charge in [-0.25, -0.2) is 9.07 Å². The number of carboxylic acid groups (broad SMARTS) is 1. The Kier molecular flexibility index (Phi) is 4.45. The molecule has 2 aliphatic carbocycles. The molecule has 1 saturated carbocycles. The van der Waals surface area contributed by atoms with Gasteiger partial charge >= 0.3 is 5.97 Å². The van der Waals surface area contributed by atoms with Crippen LogP contribution in [-0.4, -0.2) is 32.8 Å². The van der Waals surface area contributed by atoms with Gasteiger partial charge in [0.25, 0.3) is 5.91 Å². The fourth-order valence-electron chi connectivity index (χ4n) is 4.29. The van der Waals surface area contributed by atoms with Gasteiger partial charge in [0.2, 0.25) is 0 Å². The number of carbonyl (C=O) groups excluding carboxylic acids is 1. The molecule has 1 amide bonds. The number of nitrogens with zero attached hydrogens (tertiary/aromatic N) is 2. The van der Waals surface area contributed by atoms with Crippen LogP contribution in [0.3, 0.4) is 0 Å². The van der Waals surface area contributed by atoms with Crippen LogP contribution in [0.25, 0.3) is 5.69 Å². The second-order valence-electron chi connectivity index (χ2n) is 7.46. The van der Waals surface area contributed by atoms with E-state index in [9.17, 15) is 14.0 Å². The Labute approximate surface area is 156 Å². The first-order valence-corrected chi connectivity index (χ1v) is 9.35. The van der Waals surface area contributed by atoms with Crippen LogP contribution < -0.4 is 5.32 Å². The van der Waals surface area contributed by atoms with E-state index in [4.69, 9.17) is 5.11 Å². The third-order valence-corrected chi connectivity index (χ3v) is 5.66. The molecule has 0 aliphatic heterocycles. The summed E-state index contributed by atoms with van der Waals surface area (Å²) in [6, 6.07) is 4.72. The Morgan fingerprint density at radius 2 is 2.11 bits per heavy atom. The van der Waals surface area contributed by atoms with Crippen molar-refractivity contribution in [2.75, 3.05) is 0 Å². The van der Waals surface area contributed by atoms with Gasteiger partial charge in [-0.1, -0.05) is 12.1 Å². The largest absolute Gasteiger partial charge is 0.481 e. The number of para-hydroxylation sites is 1. The first-order valence-electron chi connectivity index (χ1n) is 9.35. The summed E-state index contributed by atoms with van der Waals surface area (Å²) in [5, 5.41) is 16.5. The van der Waals surface area contributed by atoms with Crippen molar-refractivity contribution >= 4 is 11.9 Å². The lowest BCUT2D eigenvalue weighted by molar-refractivity contribution is -0.141. The lowest BCUT2D eigenvalue weighted by atomic mass is 10.1. The summed E-state index contributed by atoms with van der Waals surface area (Å²) in [5.41, 5.74) is 3.26. The maximum Gasteiger partial charge on any atom is 0.306 e. The molecule has 0 spiro atoms. The van der Waals surface area contributed by atoms with Crippen LogP contribution >= 0.6 is 0 Å². The highest BCUT2D eigenvalue weighted by Crippen LogP contribution is 2.31. The van der Waals surface area contributed by atoms with Gasteiger partial charge in [0.15, 0.2) is 5.69 Å². The topological polar surface area (TPSA) is 84.2 Å². The average molecular weight is 371 g/mol. The highest BCUT2D eigenvalue weighted by molar-refractivity contribution is 5.94. The van der Waals surface area contributed by atoms with Crippen LogP contribution in [0.15, 0.2) is 18.2 Å². The number of halogens is 1. The van der Waals surface area contributed by atoms with Gasteiger partial charge in [0.05, 0.1) is 5.92 Å². The predicted octanol–water partition coefficient (Wildman–Crippen LogP) is 2.79. The number of hydrogen-bond donors (Lipinski definition) is 2. The number of benzene rings is 1. The molecule has 2 atom stereocenters. The monoisotopic (exact) mass is 371 g/mol. The van der Waals surface area contributed by atoms with E-state index in [-0.39, 0.29) is 17.8 Å². The minimum absolute atomic E-state index is 0.156. The first kappa shape index (κ1) is 17.7. The molecular weight excluding hydrogens is 349 g/mol. The summed E-state index contributed by atoms with van der Waals surface area (Å²) in [4.78, 5) is 23.9. The van der Waals surface area contributed by atoms with Crippen molar-refractivity contribution in [3.05, 3.63) is 46.5 Å². The lowest BCUT2D eigenvalue weighted by Gasteiger charge is -2.12. The number of fused-ring (bicyclic) bond motifs is 1. The molecule has 2 aliphatic rings. The first-order chi connectivity index (χ1) is 13.0. The number of nitrogens with one attached hydrogen (secondary N) is 1. The second kappa shape index (κ2) is 6.79. The molecule has 0 saturated heterocycles. The minimum atomic E-state index is -0.813. The molecule has 4 rings (SSSR count). The Bertz CT molecular complexity index is 901. The summed E-state index contributed by atoms with van der Waals surface area (Å²) in [6.07, 6.45) is 4.07. The molecule has 1 aromatic heterocycles. The number of amides is 1. The van der Waals surface area contributed by atoms with Gasteiger partial charge in [0.1, 0.15) is 11.5 Å². The summed E-state index contributed by atoms with van der Waals surface area (Å²) in [6.45, 7) is 1.83. The van der Waals surface area contributed by atoms with E-state index in [2.05, 4.69) is 10.4 Å². The van der Waals surface area contributed by atoms with E-state index in [1.165, 1.54) is 6.07 Å². The zero-order chi connectivity index (χ0) is 19.1. The quantitative estimate of drug-likeness (QED) is 0.866. The molecule has 1 fully saturated rings. The molecule has 1 aromatic carbocycles. The highest BCUT2D eigenvalue weighted by Gasteiger charge is 2.33. The maximum absolute atomic E-state index is 14.4. The number of hydrogen-bond acceptors (Lipinski definition) is 3. The van der Waals surface area contributed by atoms with Crippen LogP contribution in [0.2, 0.25) is 0 Å². The van der Waals surface area contributed by atoms with Gasteiger partial charge in [-0.15, -0.1) is 0 Å². The Hall–Kier alpha value is -2.70. The molecule has 1 heterocycles. The van der Waals surface area contributed by atoms with E-state index < -0.39 is 11.9 Å². The van der Waals surface area contributed by atoms with Crippen molar-refractivity contribution < 1.29 is 19.1 Å². The molecule has 0 bridgehead atoms. The predicted molar refractivity (Wildman–Crippen MR) is 96.5 cm³/mol. The fraction of sp³-hybridized carbons (Fsp3) is 0.450. The number of carboxylic acids is 1. The summed E-state index contributed by atoms with van der Waals surface area (Å²) in [5.74, 6) is -1.87. The molecular formula is C20H22FN3O3. The normalized spacial score (nSPS) is 21.3. The molecule has 2 N–H and O–H groups in total. The fourth-order valence-corrected chi connectivity index (χ4v) is 4.29. The number of rotatable bonds is 4. The third-order valence-electron chi connectivity index (χ3n) is 5.66. The molecule has 2 aromatic rings. The standard InChI is InChI=1S/C20H22FN3O3/c1-11-4-2-6-15(21)18(11)24-16-7-3-5-14(16)17(23-24)19(25)22-13-9-8-12(10-13)20(26)27/h2,4,6,12-13H,3,5,7-10H2,1H3,(H,22,25)(H,26,27)/t12-,13+/m1/s1. The molecule has 27 heavy (non-hydrogen) atoms. The van der Waals surface area contributed by atoms with Gasteiger partial charge in [-0.3, -0.25) is 9.59 Å². The van der Waals surface area contributed by atoms with Crippen LogP contribution in [0, 0.1) is 18.7 Å². The number of aromatic nitrogens is 2. The van der Waals surface area contributed by atoms with Crippen molar-refractivity contribution in [2.24, 2.45) is 5.92 Å². The van der Waals surface area contributed by atoms with E-state index in [0.29, 0.717) is 30.6 Å². The van der Waals surface area contributed by atoms with Crippen molar-refractivity contribution in [1.82, 2.24) is 15.1 Å². The summed E-state index contributed by atoms with van der Waals surface area (Å²) in [7, 11) is 0. The molecule has 7 heteroatoms. The number of aryl methyl sites for hydroxylation is 1. The highest BCUT2D eigenvalue weighted by atomic mass is 19.1. The zero-order valence-corrected chi connectivity index (χ0v) is 15.2. The van der Waals surface area contributed by atoms with Crippen LogP contribution in [-0.2, 0) is 17.6 Å². The SMILES string of the molecule is Cc1cccc(F)c1-n1nc(C(=O)N[C@H]2CC[C@@H](C(=O)O)C2)c2c1CCC2. The minimum Gasteiger partial charge on any atom is -0.481 e. The van der Waals surface area contributed by atoms with Gasteiger partial charge in [-0.2, -0.15) is 5.10 Å². The number of carbonyl (C=O) groups is 2. The van der Waals surface area contributed by atoms with Crippen LogP contribution in [0.4, 0.5) is 4.39 Å². The van der Waals surface area contributed by atoms with Gasteiger partial charge < -0.3 is 10.4 Å². The molecule has 0 radical (unpaired) electrons. The Morgan fingerprint density at radius 1 is 1.30 bits per heavy atom. The molecule has 6 nitrogen and oxygen atoms in total. The molecule has 142 valence electrons. The van der Waals surface area contributed by atoms with E-state index in [1.54, 1.807) is 10.7 Å². The van der Waals surface area contributed by atoms with E-state index >= 15 is 0 Å². The van der Waals surface area contributed by atoms with Gasteiger partial charge in [-0.05, 0) is 57.1 Å². The third kappa shape index (κ3) is 3.11. The second-order valence-corrected chi connectivity index (χ2v) is 7.46. The summed E-state index contributed by atoms with van der Waals surface area (Å²) < 4.78 is 16.0. The Balaban J connectivity index is 1.63. The average Bonchev–Trinajstić information content (AvgIpc) is 3.31. The van der Waals surface area contributed by atoms with Crippen molar-refractivity contribution in [3.63, 3.8) is 0 Å². The van der Waals surface area contributed by atoms with Crippen molar-refractivity contribution in [3.8, 4) is 5.69 Å². The van der Waals surface area contributed by atoms with Crippen LogP contribution in [0.1, 0.15) is 53.0 Å². The van der Waals surface area contributed by atoms with E-state index in [1.807, 2.05) is 13.0 Å². The van der Waals surface area contributed by atoms with Crippen molar-refractivity contribution in [1.29, 1.82) is 0 Å². The Morgan fingerprint density at radius 3 is 2.81 bits per heavy atom. The zero-order valence-electron chi connectivity index (χ0n) is 15.2. The number of aliphatic carboxylic acids is 1. The van der Waals surface area contributed by atoms with E-state index in [0.717, 1.165) is 36.1 Å². The maximum atomic E-state index is 14.4. The lowest BCUT2D eigenvalue weighted by Crippen LogP contribution is -2.34.